The summed E-state index contributed by atoms with van der Waals surface area (Å²) in [4.78, 5) is 0.757. The Hall–Kier alpha value is -1.01. The van der Waals surface area contributed by atoms with Gasteiger partial charge in [-0.25, -0.2) is 8.78 Å². The minimum atomic E-state index is -0.643. The molecule has 0 fully saturated rings. The van der Waals surface area contributed by atoms with Crippen molar-refractivity contribution in [2.45, 2.75) is 6.04 Å². The summed E-state index contributed by atoms with van der Waals surface area (Å²) in [7, 11) is 0. The molecule has 1 nitrogen and oxygen atoms in total. The van der Waals surface area contributed by atoms with Gasteiger partial charge in [-0.2, -0.15) is 0 Å². The first kappa shape index (κ1) is 14.9. The second kappa shape index (κ2) is 5.65. The largest absolute Gasteiger partial charge is 0.320 e. The average Bonchev–Trinajstić information content (AvgIpc) is 2.85. The lowest BCUT2D eigenvalue weighted by atomic mass is 10.1. The molecular formula is C15H9BrClF2NS. The van der Waals surface area contributed by atoms with Crippen LogP contribution in [0.1, 0.15) is 16.5 Å². The standard InChI is InChI=1S/C15H9BrClF2NS/c16-10-6-12(19)9(5-11(10)17)15(20)14-3-7-1-2-8(18)4-13(7)21-14/h1-6,15H,20H2. The van der Waals surface area contributed by atoms with E-state index >= 15 is 0 Å². The van der Waals surface area contributed by atoms with E-state index in [0.29, 0.717) is 15.1 Å². The number of benzene rings is 2. The van der Waals surface area contributed by atoms with E-state index < -0.39 is 11.9 Å². The number of halogens is 4. The maximum Gasteiger partial charge on any atom is 0.129 e. The SMILES string of the molecule is NC(c1cc2ccc(F)cc2s1)c1cc(Cl)c(Br)cc1F. The summed E-state index contributed by atoms with van der Waals surface area (Å²) in [5, 5.41) is 1.28. The van der Waals surface area contributed by atoms with Crippen LogP contribution < -0.4 is 5.73 Å². The van der Waals surface area contributed by atoms with Crippen molar-refractivity contribution in [2.24, 2.45) is 5.73 Å². The molecule has 0 amide bonds. The van der Waals surface area contributed by atoms with Crippen molar-refractivity contribution >= 4 is 49.0 Å². The first-order valence-electron chi connectivity index (χ1n) is 6.04. The Labute approximate surface area is 137 Å². The van der Waals surface area contributed by atoms with E-state index in [-0.39, 0.29) is 5.82 Å². The third kappa shape index (κ3) is 2.83. The molecule has 2 aromatic carbocycles. The highest BCUT2D eigenvalue weighted by Crippen LogP contribution is 2.35. The van der Waals surface area contributed by atoms with Crippen LogP contribution in [-0.4, -0.2) is 0 Å². The number of hydrogen-bond donors (Lipinski definition) is 1. The van der Waals surface area contributed by atoms with Crippen molar-refractivity contribution < 1.29 is 8.78 Å². The van der Waals surface area contributed by atoms with Crippen LogP contribution in [-0.2, 0) is 0 Å². The van der Waals surface area contributed by atoms with E-state index in [0.717, 1.165) is 15.0 Å². The van der Waals surface area contributed by atoms with Crippen molar-refractivity contribution in [1.29, 1.82) is 0 Å². The summed E-state index contributed by atoms with van der Waals surface area (Å²) in [6.07, 6.45) is 0. The predicted molar refractivity (Wildman–Crippen MR) is 86.9 cm³/mol. The summed E-state index contributed by atoms with van der Waals surface area (Å²) in [5.41, 5.74) is 6.46. The van der Waals surface area contributed by atoms with Crippen LogP contribution >= 0.6 is 38.9 Å². The van der Waals surface area contributed by atoms with E-state index in [4.69, 9.17) is 17.3 Å². The molecule has 0 radical (unpaired) electrons. The van der Waals surface area contributed by atoms with Crippen LogP contribution in [0, 0.1) is 11.6 Å². The van der Waals surface area contributed by atoms with Crippen molar-refractivity contribution in [3.63, 3.8) is 0 Å². The van der Waals surface area contributed by atoms with Crippen LogP contribution in [0.15, 0.2) is 40.9 Å². The second-order valence-corrected chi connectivity index (χ2v) is 6.97. The summed E-state index contributed by atoms with van der Waals surface area (Å²) in [6, 6.07) is 8.53. The molecule has 2 N–H and O–H groups in total. The number of rotatable bonds is 2. The summed E-state index contributed by atoms with van der Waals surface area (Å²) in [6.45, 7) is 0. The van der Waals surface area contributed by atoms with Gasteiger partial charge >= 0.3 is 0 Å². The van der Waals surface area contributed by atoms with Gasteiger partial charge in [-0.05, 0) is 51.6 Å². The molecule has 0 bridgehead atoms. The van der Waals surface area contributed by atoms with Gasteiger partial charge in [0.05, 0.1) is 11.1 Å². The minimum Gasteiger partial charge on any atom is -0.320 e. The van der Waals surface area contributed by atoms with Crippen LogP contribution in [0.3, 0.4) is 0 Å². The lowest BCUT2D eigenvalue weighted by Gasteiger charge is -2.12. The number of nitrogens with two attached hydrogens (primary N) is 1. The zero-order valence-electron chi connectivity index (χ0n) is 10.5. The summed E-state index contributed by atoms with van der Waals surface area (Å²) < 4.78 is 28.6. The Morgan fingerprint density at radius 1 is 1.14 bits per heavy atom. The molecule has 108 valence electrons. The summed E-state index contributed by atoms with van der Waals surface area (Å²) >= 11 is 10.5. The first-order chi connectivity index (χ1) is 9.95. The Balaban J connectivity index is 2.07. The number of thiophene rings is 1. The van der Waals surface area contributed by atoms with Gasteiger partial charge in [0.2, 0.25) is 0 Å². The molecule has 0 aliphatic heterocycles. The van der Waals surface area contributed by atoms with Gasteiger partial charge in [0.1, 0.15) is 11.6 Å². The molecule has 1 aromatic heterocycles. The molecule has 0 aliphatic carbocycles. The fourth-order valence-electron chi connectivity index (χ4n) is 2.11. The second-order valence-electron chi connectivity index (χ2n) is 4.60. The number of hydrogen-bond acceptors (Lipinski definition) is 2. The molecule has 3 rings (SSSR count). The predicted octanol–water partition coefficient (Wildman–Crippen LogP) is 5.64. The summed E-state index contributed by atoms with van der Waals surface area (Å²) in [5.74, 6) is -0.732. The fourth-order valence-corrected chi connectivity index (χ4v) is 3.71. The average molecular weight is 389 g/mol. The molecule has 6 heteroatoms. The van der Waals surface area contributed by atoms with Gasteiger partial charge in [0, 0.05) is 19.6 Å². The highest BCUT2D eigenvalue weighted by molar-refractivity contribution is 9.10. The highest BCUT2D eigenvalue weighted by atomic mass is 79.9. The van der Waals surface area contributed by atoms with Gasteiger partial charge in [0.15, 0.2) is 0 Å². The Morgan fingerprint density at radius 3 is 2.67 bits per heavy atom. The molecule has 21 heavy (non-hydrogen) atoms. The smallest absolute Gasteiger partial charge is 0.129 e. The topological polar surface area (TPSA) is 26.0 Å². The molecule has 0 saturated carbocycles. The van der Waals surface area contributed by atoms with Gasteiger partial charge < -0.3 is 5.73 Å². The lowest BCUT2D eigenvalue weighted by molar-refractivity contribution is 0.600. The Morgan fingerprint density at radius 2 is 1.90 bits per heavy atom. The van der Waals surface area contributed by atoms with Crippen molar-refractivity contribution in [2.75, 3.05) is 0 Å². The monoisotopic (exact) mass is 387 g/mol. The zero-order valence-corrected chi connectivity index (χ0v) is 13.7. The van der Waals surface area contributed by atoms with E-state index in [2.05, 4.69) is 15.9 Å². The lowest BCUT2D eigenvalue weighted by Crippen LogP contribution is -2.12. The highest BCUT2D eigenvalue weighted by Gasteiger charge is 2.18. The van der Waals surface area contributed by atoms with E-state index in [1.54, 1.807) is 6.07 Å². The van der Waals surface area contributed by atoms with Crippen LogP contribution in [0.2, 0.25) is 5.02 Å². The van der Waals surface area contributed by atoms with Gasteiger partial charge in [-0.1, -0.05) is 17.7 Å². The normalized spacial score (nSPS) is 12.8. The van der Waals surface area contributed by atoms with Crippen LogP contribution in [0.5, 0.6) is 0 Å². The fraction of sp³-hybridized carbons (Fsp3) is 0.0667. The maximum absolute atomic E-state index is 14.1. The molecule has 1 atom stereocenters. The van der Waals surface area contributed by atoms with Crippen molar-refractivity contribution in [3.05, 3.63) is 68.0 Å². The molecule has 3 aromatic rings. The zero-order chi connectivity index (χ0) is 15.1. The Kier molecular flexibility index (Phi) is 4.01. The third-order valence-corrected chi connectivity index (χ3v) is 5.56. The molecule has 1 unspecified atom stereocenters. The van der Waals surface area contributed by atoms with E-state index in [9.17, 15) is 8.78 Å². The quantitative estimate of drug-likeness (QED) is 0.565. The number of fused-ring (bicyclic) bond motifs is 1. The first-order valence-corrected chi connectivity index (χ1v) is 8.03. The van der Waals surface area contributed by atoms with E-state index in [1.165, 1.54) is 35.6 Å². The Bertz CT molecular complexity index is 834. The van der Waals surface area contributed by atoms with Crippen molar-refractivity contribution in [3.8, 4) is 0 Å². The molecule has 0 aliphatic rings. The van der Waals surface area contributed by atoms with Gasteiger partial charge in [0.25, 0.3) is 0 Å². The van der Waals surface area contributed by atoms with Gasteiger partial charge in [-0.15, -0.1) is 11.3 Å². The van der Waals surface area contributed by atoms with E-state index in [1.807, 2.05) is 6.07 Å². The molecule has 0 spiro atoms. The van der Waals surface area contributed by atoms with Gasteiger partial charge in [-0.3, -0.25) is 0 Å². The van der Waals surface area contributed by atoms with Crippen LogP contribution in [0.25, 0.3) is 10.1 Å². The third-order valence-electron chi connectivity index (χ3n) is 3.18. The molecule has 0 saturated heterocycles. The molecule has 1 heterocycles. The molecular weight excluding hydrogens is 380 g/mol. The van der Waals surface area contributed by atoms with Crippen LogP contribution in [0.4, 0.5) is 8.78 Å². The van der Waals surface area contributed by atoms with Crippen molar-refractivity contribution in [1.82, 2.24) is 0 Å². The minimum absolute atomic E-state index is 0.303. The maximum atomic E-state index is 14.1.